The summed E-state index contributed by atoms with van der Waals surface area (Å²) in [5.74, 6) is 0. The van der Waals surface area contributed by atoms with Gasteiger partial charge in [-0.1, -0.05) is 6.42 Å². The SMILES string of the molecule is CNCc1csc(S(=O)(=O)NCCN2CCCCC2)c1. The lowest BCUT2D eigenvalue weighted by Crippen LogP contribution is -2.37. The Bertz CT molecular complexity index is 507. The van der Waals surface area contributed by atoms with Crippen LogP contribution in [0.5, 0.6) is 0 Å². The Morgan fingerprint density at radius 2 is 2.05 bits per heavy atom. The highest BCUT2D eigenvalue weighted by atomic mass is 32.2. The van der Waals surface area contributed by atoms with E-state index in [2.05, 4.69) is 14.9 Å². The molecule has 0 aliphatic carbocycles. The molecule has 0 amide bonds. The Kier molecular flexibility index (Phi) is 5.98. The predicted molar refractivity (Wildman–Crippen MR) is 82.6 cm³/mol. The van der Waals surface area contributed by atoms with E-state index < -0.39 is 10.0 Å². The second-order valence-corrected chi connectivity index (χ2v) is 8.01. The lowest BCUT2D eigenvalue weighted by atomic mass is 10.1. The van der Waals surface area contributed by atoms with E-state index in [0.29, 0.717) is 17.3 Å². The molecule has 1 saturated heterocycles. The maximum Gasteiger partial charge on any atom is 0.250 e. The third kappa shape index (κ3) is 4.53. The minimum atomic E-state index is -3.34. The summed E-state index contributed by atoms with van der Waals surface area (Å²) in [7, 11) is -1.49. The van der Waals surface area contributed by atoms with Crippen LogP contribution in [0, 0.1) is 0 Å². The van der Waals surface area contributed by atoms with Crippen molar-refractivity contribution in [3.05, 3.63) is 17.0 Å². The minimum Gasteiger partial charge on any atom is -0.316 e. The van der Waals surface area contributed by atoms with Crippen LogP contribution in [0.4, 0.5) is 0 Å². The highest BCUT2D eigenvalue weighted by Gasteiger charge is 2.17. The smallest absolute Gasteiger partial charge is 0.250 e. The number of piperidine rings is 1. The quantitative estimate of drug-likeness (QED) is 0.794. The van der Waals surface area contributed by atoms with Gasteiger partial charge in [0, 0.05) is 19.6 Å². The largest absolute Gasteiger partial charge is 0.316 e. The van der Waals surface area contributed by atoms with Crippen molar-refractivity contribution in [3.63, 3.8) is 0 Å². The first-order chi connectivity index (χ1) is 9.62. The molecule has 114 valence electrons. The molecule has 5 nitrogen and oxygen atoms in total. The molecular formula is C13H23N3O2S2. The van der Waals surface area contributed by atoms with E-state index in [1.54, 1.807) is 6.07 Å². The van der Waals surface area contributed by atoms with Gasteiger partial charge in [-0.05, 0) is 50.0 Å². The van der Waals surface area contributed by atoms with Crippen LogP contribution in [-0.2, 0) is 16.6 Å². The Labute approximate surface area is 125 Å². The van der Waals surface area contributed by atoms with E-state index in [4.69, 9.17) is 0 Å². The Balaban J connectivity index is 1.83. The average molecular weight is 317 g/mol. The molecule has 0 bridgehead atoms. The van der Waals surface area contributed by atoms with Gasteiger partial charge in [-0.15, -0.1) is 11.3 Å². The van der Waals surface area contributed by atoms with E-state index in [0.717, 1.165) is 25.2 Å². The van der Waals surface area contributed by atoms with E-state index in [-0.39, 0.29) is 0 Å². The number of rotatable bonds is 7. The second-order valence-electron chi connectivity index (χ2n) is 5.10. The molecule has 2 heterocycles. The van der Waals surface area contributed by atoms with Crippen LogP contribution in [-0.4, -0.2) is 46.5 Å². The zero-order chi connectivity index (χ0) is 14.4. The van der Waals surface area contributed by atoms with Crippen molar-refractivity contribution >= 4 is 21.4 Å². The number of nitrogens with one attached hydrogen (secondary N) is 2. The molecule has 0 saturated carbocycles. The first-order valence-electron chi connectivity index (χ1n) is 7.06. The maximum atomic E-state index is 12.2. The standard InChI is InChI=1S/C13H23N3O2S2/c1-14-10-12-9-13(19-11-12)20(17,18)15-5-8-16-6-3-2-4-7-16/h9,11,14-15H,2-8,10H2,1H3. The molecule has 1 aromatic rings. The monoisotopic (exact) mass is 317 g/mol. The van der Waals surface area contributed by atoms with Crippen molar-refractivity contribution in [2.45, 2.75) is 30.0 Å². The van der Waals surface area contributed by atoms with E-state index in [1.165, 1.54) is 30.6 Å². The van der Waals surface area contributed by atoms with Crippen molar-refractivity contribution < 1.29 is 8.42 Å². The van der Waals surface area contributed by atoms with Gasteiger partial charge >= 0.3 is 0 Å². The van der Waals surface area contributed by atoms with Gasteiger partial charge in [0.1, 0.15) is 4.21 Å². The van der Waals surface area contributed by atoms with Crippen molar-refractivity contribution in [1.82, 2.24) is 14.9 Å². The van der Waals surface area contributed by atoms with Gasteiger partial charge in [0.2, 0.25) is 10.0 Å². The molecule has 0 spiro atoms. The molecular weight excluding hydrogens is 294 g/mol. The molecule has 0 radical (unpaired) electrons. The highest BCUT2D eigenvalue weighted by Crippen LogP contribution is 2.19. The first-order valence-corrected chi connectivity index (χ1v) is 9.42. The van der Waals surface area contributed by atoms with Crippen LogP contribution in [0.3, 0.4) is 0 Å². The molecule has 2 rings (SSSR count). The van der Waals surface area contributed by atoms with E-state index >= 15 is 0 Å². The maximum absolute atomic E-state index is 12.2. The van der Waals surface area contributed by atoms with Crippen LogP contribution >= 0.6 is 11.3 Å². The van der Waals surface area contributed by atoms with Crippen molar-refractivity contribution in [2.24, 2.45) is 0 Å². The van der Waals surface area contributed by atoms with Gasteiger partial charge in [0.05, 0.1) is 0 Å². The molecule has 1 aliphatic rings. The number of sulfonamides is 1. The lowest BCUT2D eigenvalue weighted by Gasteiger charge is -2.26. The summed E-state index contributed by atoms with van der Waals surface area (Å²) in [4.78, 5) is 2.33. The third-order valence-corrected chi connectivity index (χ3v) is 6.39. The molecule has 0 atom stereocenters. The number of hydrogen-bond acceptors (Lipinski definition) is 5. The summed E-state index contributed by atoms with van der Waals surface area (Å²) in [6, 6.07) is 1.74. The van der Waals surface area contributed by atoms with Gasteiger partial charge in [-0.3, -0.25) is 0 Å². The van der Waals surface area contributed by atoms with Gasteiger partial charge in [-0.2, -0.15) is 0 Å². The fourth-order valence-corrected chi connectivity index (χ4v) is 4.66. The molecule has 20 heavy (non-hydrogen) atoms. The second kappa shape index (κ2) is 7.51. The average Bonchev–Trinajstić information content (AvgIpc) is 2.90. The van der Waals surface area contributed by atoms with Gasteiger partial charge in [0.25, 0.3) is 0 Å². The summed E-state index contributed by atoms with van der Waals surface area (Å²) in [6.45, 7) is 4.16. The fraction of sp³-hybridized carbons (Fsp3) is 0.692. The zero-order valence-corrected chi connectivity index (χ0v) is 13.5. The number of thiophene rings is 1. The van der Waals surface area contributed by atoms with Crippen LogP contribution in [0.2, 0.25) is 0 Å². The Hall–Kier alpha value is -0.470. The highest BCUT2D eigenvalue weighted by molar-refractivity contribution is 7.91. The molecule has 1 aliphatic heterocycles. The van der Waals surface area contributed by atoms with Crippen LogP contribution in [0.1, 0.15) is 24.8 Å². The van der Waals surface area contributed by atoms with Crippen molar-refractivity contribution in [2.75, 3.05) is 33.2 Å². The Morgan fingerprint density at radius 3 is 2.75 bits per heavy atom. The summed E-state index contributed by atoms with van der Waals surface area (Å²) in [5.41, 5.74) is 1.01. The molecule has 7 heteroatoms. The molecule has 0 aromatic carbocycles. The minimum absolute atomic E-state index is 0.404. The van der Waals surface area contributed by atoms with E-state index in [1.807, 2.05) is 12.4 Å². The normalized spacial score (nSPS) is 17.4. The number of nitrogens with zero attached hydrogens (tertiary/aromatic N) is 1. The Morgan fingerprint density at radius 1 is 1.30 bits per heavy atom. The third-order valence-electron chi connectivity index (χ3n) is 3.44. The summed E-state index contributed by atoms with van der Waals surface area (Å²) < 4.78 is 27.4. The topological polar surface area (TPSA) is 61.4 Å². The van der Waals surface area contributed by atoms with Crippen molar-refractivity contribution in [3.8, 4) is 0 Å². The van der Waals surface area contributed by atoms with Crippen LogP contribution in [0.25, 0.3) is 0 Å². The summed E-state index contributed by atoms with van der Waals surface area (Å²) >= 11 is 1.28. The molecule has 2 N–H and O–H groups in total. The van der Waals surface area contributed by atoms with Crippen LogP contribution in [0.15, 0.2) is 15.7 Å². The zero-order valence-electron chi connectivity index (χ0n) is 11.9. The van der Waals surface area contributed by atoms with Crippen molar-refractivity contribution in [1.29, 1.82) is 0 Å². The summed E-state index contributed by atoms with van der Waals surface area (Å²) in [5, 5.41) is 4.90. The molecule has 1 fully saturated rings. The lowest BCUT2D eigenvalue weighted by molar-refractivity contribution is 0.233. The predicted octanol–water partition coefficient (Wildman–Crippen LogP) is 1.23. The number of hydrogen-bond donors (Lipinski definition) is 2. The van der Waals surface area contributed by atoms with E-state index in [9.17, 15) is 8.42 Å². The van der Waals surface area contributed by atoms with Gasteiger partial charge in [0.15, 0.2) is 0 Å². The first kappa shape index (κ1) is 15.9. The van der Waals surface area contributed by atoms with Crippen LogP contribution < -0.4 is 10.0 Å². The van der Waals surface area contributed by atoms with Gasteiger partial charge in [-0.25, -0.2) is 13.1 Å². The molecule has 0 unspecified atom stereocenters. The molecule has 1 aromatic heterocycles. The number of likely N-dealkylation sites (tertiary alicyclic amines) is 1. The fourth-order valence-electron chi connectivity index (χ4n) is 2.38. The summed E-state index contributed by atoms with van der Waals surface area (Å²) in [6.07, 6.45) is 3.75. The van der Waals surface area contributed by atoms with Gasteiger partial charge < -0.3 is 10.2 Å².